The first kappa shape index (κ1) is 18.2. The summed E-state index contributed by atoms with van der Waals surface area (Å²) >= 11 is 1.46. The van der Waals surface area contributed by atoms with Crippen molar-refractivity contribution in [3.63, 3.8) is 0 Å². The van der Waals surface area contributed by atoms with E-state index in [0.29, 0.717) is 16.7 Å². The molecule has 0 aliphatic rings. The van der Waals surface area contributed by atoms with Gasteiger partial charge < -0.3 is 13.9 Å². The van der Waals surface area contributed by atoms with E-state index >= 15 is 0 Å². The minimum absolute atomic E-state index is 0.0809. The SMILES string of the molecule is COc1ccc(CCSc2nnc(-c3ccc(OC(F)F)cc3)o2)cc1. The Morgan fingerprint density at radius 1 is 1.00 bits per heavy atom. The maximum atomic E-state index is 12.2. The van der Waals surface area contributed by atoms with Crippen molar-refractivity contribution in [3.05, 3.63) is 54.1 Å². The van der Waals surface area contributed by atoms with E-state index in [9.17, 15) is 8.78 Å². The van der Waals surface area contributed by atoms with Gasteiger partial charge in [0.05, 0.1) is 7.11 Å². The molecule has 0 saturated heterocycles. The lowest BCUT2D eigenvalue weighted by atomic mass is 10.2. The molecular formula is C18H16F2N2O3S. The molecule has 8 heteroatoms. The monoisotopic (exact) mass is 378 g/mol. The van der Waals surface area contributed by atoms with Gasteiger partial charge in [-0.15, -0.1) is 10.2 Å². The molecule has 0 atom stereocenters. The highest BCUT2D eigenvalue weighted by atomic mass is 32.2. The second-order valence-electron chi connectivity index (χ2n) is 5.22. The lowest BCUT2D eigenvalue weighted by molar-refractivity contribution is -0.0498. The van der Waals surface area contributed by atoms with E-state index in [2.05, 4.69) is 14.9 Å². The van der Waals surface area contributed by atoms with Crippen LogP contribution >= 0.6 is 11.8 Å². The Kier molecular flexibility index (Phi) is 6.06. The van der Waals surface area contributed by atoms with Crippen LogP contribution in [-0.2, 0) is 6.42 Å². The summed E-state index contributed by atoms with van der Waals surface area (Å²) in [7, 11) is 1.64. The molecule has 0 aliphatic heterocycles. The van der Waals surface area contributed by atoms with Crippen LogP contribution in [-0.4, -0.2) is 29.7 Å². The van der Waals surface area contributed by atoms with E-state index in [0.717, 1.165) is 17.9 Å². The molecule has 0 fully saturated rings. The minimum atomic E-state index is -2.85. The zero-order valence-corrected chi connectivity index (χ0v) is 14.7. The van der Waals surface area contributed by atoms with Gasteiger partial charge in [0, 0.05) is 11.3 Å². The summed E-state index contributed by atoms with van der Waals surface area (Å²) in [6, 6.07) is 13.9. The summed E-state index contributed by atoms with van der Waals surface area (Å²) in [5.41, 5.74) is 1.83. The van der Waals surface area contributed by atoms with Crippen LogP contribution in [0.5, 0.6) is 11.5 Å². The van der Waals surface area contributed by atoms with Crippen LogP contribution in [0.1, 0.15) is 5.56 Å². The van der Waals surface area contributed by atoms with Gasteiger partial charge in [-0.25, -0.2) is 0 Å². The summed E-state index contributed by atoms with van der Waals surface area (Å²) < 4.78 is 39.3. The quantitative estimate of drug-likeness (QED) is 0.531. The maximum absolute atomic E-state index is 12.2. The molecule has 5 nitrogen and oxygen atoms in total. The number of aromatic nitrogens is 2. The van der Waals surface area contributed by atoms with Gasteiger partial charge in [0.15, 0.2) is 0 Å². The van der Waals surface area contributed by atoms with Crippen molar-refractivity contribution >= 4 is 11.8 Å². The van der Waals surface area contributed by atoms with E-state index < -0.39 is 6.61 Å². The standard InChI is InChI=1S/C18H16F2N2O3S/c1-23-14-6-2-12(3-7-14)10-11-26-18-22-21-16(25-18)13-4-8-15(9-5-13)24-17(19)20/h2-9,17H,10-11H2,1H3. The van der Waals surface area contributed by atoms with Crippen molar-refractivity contribution in [2.45, 2.75) is 18.3 Å². The number of alkyl halides is 2. The van der Waals surface area contributed by atoms with E-state index in [1.807, 2.05) is 24.3 Å². The molecule has 0 spiro atoms. The predicted molar refractivity (Wildman–Crippen MR) is 93.8 cm³/mol. The maximum Gasteiger partial charge on any atom is 0.387 e. The number of nitrogens with zero attached hydrogens (tertiary/aromatic N) is 2. The number of hydrogen-bond acceptors (Lipinski definition) is 6. The van der Waals surface area contributed by atoms with Crippen LogP contribution < -0.4 is 9.47 Å². The number of hydrogen-bond donors (Lipinski definition) is 0. The molecule has 3 aromatic rings. The average molecular weight is 378 g/mol. The van der Waals surface area contributed by atoms with Gasteiger partial charge in [-0.1, -0.05) is 23.9 Å². The minimum Gasteiger partial charge on any atom is -0.497 e. The summed E-state index contributed by atoms with van der Waals surface area (Å²) in [5.74, 6) is 2.03. The molecule has 0 N–H and O–H groups in total. The van der Waals surface area contributed by atoms with Crippen molar-refractivity contribution in [3.8, 4) is 23.0 Å². The van der Waals surface area contributed by atoms with Crippen molar-refractivity contribution < 1.29 is 22.7 Å². The third-order valence-corrected chi connectivity index (χ3v) is 4.33. The molecule has 2 aromatic carbocycles. The Hall–Kier alpha value is -2.61. The van der Waals surface area contributed by atoms with Gasteiger partial charge in [0.25, 0.3) is 5.22 Å². The van der Waals surface area contributed by atoms with Gasteiger partial charge >= 0.3 is 6.61 Å². The number of benzene rings is 2. The summed E-state index contributed by atoms with van der Waals surface area (Å²) in [5, 5.41) is 8.44. The van der Waals surface area contributed by atoms with Crippen LogP contribution in [0.2, 0.25) is 0 Å². The van der Waals surface area contributed by atoms with Crippen LogP contribution in [0, 0.1) is 0 Å². The van der Waals surface area contributed by atoms with Gasteiger partial charge in [-0.3, -0.25) is 0 Å². The first-order valence-corrected chi connectivity index (χ1v) is 8.77. The lowest BCUT2D eigenvalue weighted by Gasteiger charge is -2.03. The highest BCUT2D eigenvalue weighted by Gasteiger charge is 2.10. The van der Waals surface area contributed by atoms with Crippen LogP contribution in [0.4, 0.5) is 8.78 Å². The number of halogens is 2. The molecule has 0 saturated carbocycles. The highest BCUT2D eigenvalue weighted by molar-refractivity contribution is 7.99. The summed E-state index contributed by atoms with van der Waals surface area (Å²) in [4.78, 5) is 0. The second kappa shape index (κ2) is 8.66. The van der Waals surface area contributed by atoms with Gasteiger partial charge in [0.2, 0.25) is 5.89 Å². The van der Waals surface area contributed by atoms with Crippen molar-refractivity contribution in [2.75, 3.05) is 12.9 Å². The van der Waals surface area contributed by atoms with Gasteiger partial charge in [-0.2, -0.15) is 8.78 Å². The molecule has 26 heavy (non-hydrogen) atoms. The Morgan fingerprint density at radius 2 is 1.69 bits per heavy atom. The molecule has 0 radical (unpaired) electrons. The molecule has 3 rings (SSSR count). The summed E-state index contributed by atoms with van der Waals surface area (Å²) in [6.45, 7) is -2.85. The Bertz CT molecular complexity index is 823. The fourth-order valence-corrected chi connectivity index (χ4v) is 2.96. The van der Waals surface area contributed by atoms with Gasteiger partial charge in [-0.05, 0) is 48.4 Å². The molecule has 136 valence electrons. The Morgan fingerprint density at radius 3 is 2.35 bits per heavy atom. The van der Waals surface area contributed by atoms with E-state index in [4.69, 9.17) is 9.15 Å². The Balaban J connectivity index is 1.54. The number of aryl methyl sites for hydroxylation is 1. The smallest absolute Gasteiger partial charge is 0.387 e. The first-order valence-electron chi connectivity index (χ1n) is 7.78. The topological polar surface area (TPSA) is 57.4 Å². The van der Waals surface area contributed by atoms with Crippen LogP contribution in [0.3, 0.4) is 0 Å². The average Bonchev–Trinajstić information content (AvgIpc) is 3.11. The van der Waals surface area contributed by atoms with Crippen LogP contribution in [0.15, 0.2) is 58.2 Å². The van der Waals surface area contributed by atoms with Gasteiger partial charge in [0.1, 0.15) is 11.5 Å². The third kappa shape index (κ3) is 4.95. The number of rotatable bonds is 8. The van der Waals surface area contributed by atoms with E-state index in [1.165, 1.54) is 29.5 Å². The van der Waals surface area contributed by atoms with Crippen molar-refractivity contribution in [1.82, 2.24) is 10.2 Å². The molecule has 0 amide bonds. The zero-order valence-electron chi connectivity index (χ0n) is 13.9. The summed E-state index contributed by atoms with van der Waals surface area (Å²) in [6.07, 6.45) is 0.853. The van der Waals surface area contributed by atoms with Crippen molar-refractivity contribution in [1.29, 1.82) is 0 Å². The molecule has 0 aliphatic carbocycles. The molecule has 0 unspecified atom stereocenters. The number of thioether (sulfide) groups is 1. The molecule has 1 aromatic heterocycles. The highest BCUT2D eigenvalue weighted by Crippen LogP contribution is 2.26. The fourth-order valence-electron chi connectivity index (χ4n) is 2.21. The van der Waals surface area contributed by atoms with Crippen molar-refractivity contribution in [2.24, 2.45) is 0 Å². The normalized spacial score (nSPS) is 10.9. The van der Waals surface area contributed by atoms with E-state index in [-0.39, 0.29) is 5.75 Å². The Labute approximate surface area is 153 Å². The second-order valence-corrected chi connectivity index (χ2v) is 6.27. The molecule has 1 heterocycles. The van der Waals surface area contributed by atoms with E-state index in [1.54, 1.807) is 19.2 Å². The predicted octanol–water partition coefficient (Wildman–Crippen LogP) is 4.68. The lowest BCUT2D eigenvalue weighted by Crippen LogP contribution is -2.01. The third-order valence-electron chi connectivity index (χ3n) is 3.51. The van der Waals surface area contributed by atoms with Crippen LogP contribution in [0.25, 0.3) is 11.5 Å². The number of methoxy groups -OCH3 is 1. The number of ether oxygens (including phenoxy) is 2. The fraction of sp³-hybridized carbons (Fsp3) is 0.222. The zero-order chi connectivity index (χ0) is 18.4. The molecule has 0 bridgehead atoms. The molecular weight excluding hydrogens is 362 g/mol. The largest absolute Gasteiger partial charge is 0.497 e. The first-order chi connectivity index (χ1) is 12.6.